The minimum Gasteiger partial charge on any atom is -0.497 e. The number of aliphatic hydroxyl groups excluding tert-OH is 4. The summed E-state index contributed by atoms with van der Waals surface area (Å²) in [4.78, 5) is 40.3. The predicted octanol–water partition coefficient (Wildman–Crippen LogP) is 4.40. The Bertz CT molecular complexity index is 1970. The molecule has 2 aliphatic rings. The molecule has 4 rings (SSSR count). The molecule has 4 N–H and O–H groups in total. The summed E-state index contributed by atoms with van der Waals surface area (Å²) in [5.41, 5.74) is -1.43. The fourth-order valence-electron chi connectivity index (χ4n) is 7.38. The molecule has 0 bridgehead atoms. The quantitative estimate of drug-likeness (QED) is 0.116. The lowest BCUT2D eigenvalue weighted by Gasteiger charge is -2.37. The van der Waals surface area contributed by atoms with Gasteiger partial charge in [-0.25, -0.2) is 22.7 Å². The number of methoxy groups -OCH3 is 1. The minimum absolute atomic E-state index is 0.0487. The summed E-state index contributed by atoms with van der Waals surface area (Å²) >= 11 is 0. The zero-order valence-electron chi connectivity index (χ0n) is 31.1. The molecule has 292 valence electrons. The molecule has 0 radical (unpaired) electrons. The highest BCUT2D eigenvalue weighted by atomic mass is 16.6. The average molecular weight is 767 g/mol. The zero-order valence-corrected chi connectivity index (χ0v) is 31.1. The van der Waals surface area contributed by atoms with Crippen molar-refractivity contribution in [2.45, 2.75) is 74.0 Å². The maximum atomic E-state index is 12.2. The van der Waals surface area contributed by atoms with Crippen molar-refractivity contribution in [2.24, 2.45) is 11.8 Å². The van der Waals surface area contributed by atoms with Gasteiger partial charge in [-0.2, -0.15) is 0 Å². The summed E-state index contributed by atoms with van der Waals surface area (Å²) in [6.45, 7) is 28.5. The lowest BCUT2D eigenvalue weighted by atomic mass is 9.68. The first-order chi connectivity index (χ1) is 26.9. The Balaban J connectivity index is 1.56. The summed E-state index contributed by atoms with van der Waals surface area (Å²) in [6, 6.07) is 16.7. The highest BCUT2D eigenvalue weighted by Crippen LogP contribution is 2.45. The third-order valence-electron chi connectivity index (χ3n) is 10.3. The van der Waals surface area contributed by atoms with Crippen LogP contribution in [-0.4, -0.2) is 94.8 Å². The van der Waals surface area contributed by atoms with E-state index in [0.717, 1.165) is 5.56 Å². The van der Waals surface area contributed by atoms with Gasteiger partial charge in [0.25, 0.3) is 6.57 Å². The molecule has 2 unspecified atom stereocenters. The Morgan fingerprint density at radius 3 is 1.96 bits per heavy atom. The third kappa shape index (κ3) is 9.99. The zero-order chi connectivity index (χ0) is 40.9. The van der Waals surface area contributed by atoms with E-state index >= 15 is 0 Å². The highest BCUT2D eigenvalue weighted by Gasteiger charge is 2.61. The van der Waals surface area contributed by atoms with E-state index in [4.69, 9.17) is 38.7 Å². The molecular formula is C42H46N4O10+2. The van der Waals surface area contributed by atoms with E-state index in [1.807, 2.05) is 0 Å². The van der Waals surface area contributed by atoms with E-state index in [2.05, 4.69) is 38.6 Å². The van der Waals surface area contributed by atoms with Crippen LogP contribution < -0.4 is 9.47 Å². The molecule has 0 spiro atoms. The van der Waals surface area contributed by atoms with Crippen LogP contribution >= 0.6 is 0 Å². The second-order valence-electron chi connectivity index (χ2n) is 13.7. The molecule has 14 nitrogen and oxygen atoms in total. The van der Waals surface area contributed by atoms with E-state index in [0.29, 0.717) is 23.5 Å². The normalized spacial score (nSPS) is 23.5. The molecule has 2 aromatic rings. The van der Waals surface area contributed by atoms with Crippen LogP contribution in [0.1, 0.15) is 36.8 Å². The van der Waals surface area contributed by atoms with Gasteiger partial charge in [0.2, 0.25) is 6.61 Å². The van der Waals surface area contributed by atoms with Gasteiger partial charge in [0, 0.05) is 0 Å². The number of carbonyl (C=O) groups excluding carboxylic acids is 2. The van der Waals surface area contributed by atoms with Gasteiger partial charge >= 0.3 is 40.5 Å². The molecular weight excluding hydrogens is 720 g/mol. The van der Waals surface area contributed by atoms with E-state index in [1.54, 1.807) is 48.5 Å². The number of rotatable bonds is 15. The number of hydrogen-bond acceptors (Lipinski definition) is 10. The summed E-state index contributed by atoms with van der Waals surface area (Å²) in [6.07, 6.45) is 0.509. The number of esters is 2. The Labute approximate surface area is 326 Å². The molecule has 0 heterocycles. The van der Waals surface area contributed by atoms with Crippen LogP contribution in [0, 0.1) is 37.6 Å². The van der Waals surface area contributed by atoms with Crippen LogP contribution in [0.5, 0.6) is 11.5 Å². The monoisotopic (exact) mass is 766 g/mol. The topological polar surface area (TPSA) is 169 Å². The molecule has 0 aliphatic heterocycles. The molecule has 14 heteroatoms. The molecule has 2 aromatic carbocycles. The number of hydrogen-bond donors (Lipinski definition) is 4. The van der Waals surface area contributed by atoms with Crippen LogP contribution in [0.25, 0.3) is 19.4 Å². The molecule has 0 aromatic heterocycles. The Morgan fingerprint density at radius 2 is 1.41 bits per heavy atom. The van der Waals surface area contributed by atoms with Crippen molar-refractivity contribution >= 4 is 11.9 Å². The van der Waals surface area contributed by atoms with Gasteiger partial charge < -0.3 is 39.4 Å². The van der Waals surface area contributed by atoms with E-state index < -0.39 is 72.5 Å². The lowest BCUT2D eigenvalue weighted by Crippen LogP contribution is -2.50. The SMILES string of the molecule is [C-]#[N+]C(Cc1ccc(OC)cc1)(C(=C)[N+]#CCOc1ccc(CC([N+]#[C-])(C(=C)[N+]#C)[C@H]2C[C@@H](O)CC[C@@H]2OC(=O)CO)cc1)[C@H]1C[C@@H](O)C=C[C@@H]1OC(=O)CO. The number of aliphatic hydroxyl groups is 4. The van der Waals surface area contributed by atoms with Crippen molar-refractivity contribution in [2.75, 3.05) is 26.9 Å². The summed E-state index contributed by atoms with van der Waals surface area (Å²) in [5.74, 6) is -2.21. The summed E-state index contributed by atoms with van der Waals surface area (Å²) < 4.78 is 22.1. The van der Waals surface area contributed by atoms with Crippen molar-refractivity contribution in [3.8, 4) is 24.1 Å². The Morgan fingerprint density at radius 1 is 0.839 bits per heavy atom. The van der Waals surface area contributed by atoms with Gasteiger partial charge in [0.1, 0.15) is 36.9 Å². The van der Waals surface area contributed by atoms with Crippen molar-refractivity contribution in [1.29, 1.82) is 0 Å². The first-order valence-electron chi connectivity index (χ1n) is 17.9. The van der Waals surface area contributed by atoms with Crippen molar-refractivity contribution in [3.63, 3.8) is 0 Å². The van der Waals surface area contributed by atoms with Gasteiger partial charge in [-0.3, -0.25) is 9.69 Å². The Hall–Kier alpha value is -6.00. The molecule has 0 saturated heterocycles. The van der Waals surface area contributed by atoms with Crippen molar-refractivity contribution < 1.29 is 49.0 Å². The standard InChI is InChI=1S/C42H46N4O10/c1-27(43-3)41(44-4,35-21-31(49)11-17-37(35)55-39(51)25-47)23-30-9-15-34(16-10-30)54-20-19-46-28(2)42(45-5,24-29-7-13-33(53-6)14-8-29)36-22-32(50)12-18-38(36)56-40(52)26-48/h3,7-10,12-16,18,31-32,35-38,47-50H,1-2,11,17,20-26H2,6H3/q+2/t31-,32-,35-,36-,37-,38-,41?,42?/m0/s1. The van der Waals surface area contributed by atoms with Crippen LogP contribution in [0.3, 0.4) is 0 Å². The maximum absolute atomic E-state index is 12.2. The number of carbonyl (C=O) groups is 2. The second kappa shape index (κ2) is 19.5. The molecule has 1 fully saturated rings. The summed E-state index contributed by atoms with van der Waals surface area (Å²) in [5, 5.41) is 39.8. The highest BCUT2D eigenvalue weighted by molar-refractivity contribution is 5.71. The van der Waals surface area contributed by atoms with Crippen LogP contribution in [0.4, 0.5) is 0 Å². The number of benzene rings is 2. The summed E-state index contributed by atoms with van der Waals surface area (Å²) in [7, 11) is 1.54. The van der Waals surface area contributed by atoms with Gasteiger partial charge in [-0.15, -0.1) is 0 Å². The van der Waals surface area contributed by atoms with E-state index in [9.17, 15) is 30.0 Å². The molecule has 1 saturated carbocycles. The van der Waals surface area contributed by atoms with Crippen LogP contribution in [0.2, 0.25) is 0 Å². The van der Waals surface area contributed by atoms with Gasteiger partial charge in [-0.1, -0.05) is 30.3 Å². The van der Waals surface area contributed by atoms with Gasteiger partial charge in [0.05, 0.1) is 44.0 Å². The first kappa shape index (κ1) is 42.7. The fraction of sp³-hybridized carbons (Fsp3) is 0.429. The lowest BCUT2D eigenvalue weighted by molar-refractivity contribution is -0.160. The predicted molar refractivity (Wildman–Crippen MR) is 205 cm³/mol. The van der Waals surface area contributed by atoms with Gasteiger partial charge in [-0.05, 0) is 90.0 Å². The van der Waals surface area contributed by atoms with Crippen molar-refractivity contribution in [1.82, 2.24) is 0 Å². The maximum Gasteiger partial charge on any atom is 0.395 e. The average Bonchev–Trinajstić information content (AvgIpc) is 3.22. The van der Waals surface area contributed by atoms with E-state index in [1.165, 1.54) is 19.3 Å². The van der Waals surface area contributed by atoms with Gasteiger partial charge in [0.15, 0.2) is 0 Å². The number of nitrogens with zero attached hydrogens (tertiary/aromatic N) is 4. The van der Waals surface area contributed by atoms with E-state index in [-0.39, 0.29) is 50.1 Å². The molecule has 8 atom stereocenters. The smallest absolute Gasteiger partial charge is 0.395 e. The second-order valence-corrected chi connectivity index (χ2v) is 13.7. The molecule has 0 amide bonds. The van der Waals surface area contributed by atoms with Crippen LogP contribution in [0.15, 0.2) is 85.2 Å². The first-order valence-corrected chi connectivity index (χ1v) is 17.9. The van der Waals surface area contributed by atoms with Crippen molar-refractivity contribution in [3.05, 3.63) is 129 Å². The minimum atomic E-state index is -1.52. The van der Waals surface area contributed by atoms with Crippen LogP contribution in [-0.2, 0) is 31.9 Å². The molecule has 2 aliphatic carbocycles. The largest absolute Gasteiger partial charge is 0.497 e. The molecule has 56 heavy (non-hydrogen) atoms. The number of ether oxygens (including phenoxy) is 4. The fourth-order valence-corrected chi connectivity index (χ4v) is 7.38. The third-order valence-corrected chi connectivity index (χ3v) is 10.3. The Kier molecular flexibility index (Phi) is 14.9.